The van der Waals surface area contributed by atoms with Crippen molar-refractivity contribution in [2.45, 2.75) is 37.8 Å². The van der Waals surface area contributed by atoms with Crippen LogP contribution in [0, 0.1) is 17.2 Å². The van der Waals surface area contributed by atoms with Crippen molar-refractivity contribution in [1.29, 1.82) is 5.26 Å². The topological polar surface area (TPSA) is 89.2 Å². The lowest BCUT2D eigenvalue weighted by Crippen LogP contribution is -2.52. The molecule has 2 aliphatic rings. The van der Waals surface area contributed by atoms with E-state index >= 15 is 0 Å². The Labute approximate surface area is 129 Å². The van der Waals surface area contributed by atoms with Gasteiger partial charge in [0.1, 0.15) is 11.8 Å². The maximum absolute atomic E-state index is 11.0. The summed E-state index contributed by atoms with van der Waals surface area (Å²) in [4.78, 5) is 17.1. The number of carboxylic acid groups (broad SMARTS) is 1. The molecule has 0 aromatic carbocycles. The Balaban J connectivity index is 1.51. The average Bonchev–Trinajstić information content (AvgIpc) is 3.25. The van der Waals surface area contributed by atoms with E-state index in [-0.39, 0.29) is 6.54 Å². The van der Waals surface area contributed by atoms with E-state index < -0.39 is 5.97 Å². The third-order valence-corrected chi connectivity index (χ3v) is 4.40. The van der Waals surface area contributed by atoms with Crippen LogP contribution >= 0.6 is 0 Å². The number of anilines is 1. The van der Waals surface area contributed by atoms with Crippen LogP contribution in [0.15, 0.2) is 18.3 Å². The van der Waals surface area contributed by atoms with Gasteiger partial charge in [-0.1, -0.05) is 0 Å². The van der Waals surface area contributed by atoms with Crippen LogP contribution in [0.25, 0.3) is 0 Å². The van der Waals surface area contributed by atoms with Gasteiger partial charge < -0.3 is 10.4 Å². The van der Waals surface area contributed by atoms with Gasteiger partial charge in [-0.3, -0.25) is 9.69 Å². The molecular formula is C16H20N4O2. The second kappa shape index (κ2) is 6.32. The number of carboxylic acids is 1. The summed E-state index contributed by atoms with van der Waals surface area (Å²) >= 11 is 0. The van der Waals surface area contributed by atoms with Crippen LogP contribution in [0.4, 0.5) is 5.69 Å². The minimum atomic E-state index is -0.746. The second-order valence-electron chi connectivity index (χ2n) is 6.27. The van der Waals surface area contributed by atoms with Crippen LogP contribution in [0.1, 0.15) is 31.4 Å². The van der Waals surface area contributed by atoms with Crippen molar-refractivity contribution in [3.63, 3.8) is 0 Å². The summed E-state index contributed by atoms with van der Waals surface area (Å²) in [6.07, 6.45) is 5.99. The largest absolute Gasteiger partial charge is 0.480 e. The number of carbonyl (C=O) groups is 1. The second-order valence-corrected chi connectivity index (χ2v) is 6.27. The van der Waals surface area contributed by atoms with E-state index in [2.05, 4.69) is 15.2 Å². The highest BCUT2D eigenvalue weighted by molar-refractivity contribution is 5.69. The molecule has 0 saturated heterocycles. The van der Waals surface area contributed by atoms with Crippen molar-refractivity contribution in [2.75, 3.05) is 18.4 Å². The molecule has 22 heavy (non-hydrogen) atoms. The Morgan fingerprint density at radius 1 is 1.50 bits per heavy atom. The SMILES string of the molecule is N#Cc1cc(NC2CC(N(CC(=O)O)CC3CC3)C2)ccn1. The minimum Gasteiger partial charge on any atom is -0.480 e. The lowest BCUT2D eigenvalue weighted by molar-refractivity contribution is -0.139. The number of aromatic nitrogens is 1. The number of nitrogens with one attached hydrogen (secondary N) is 1. The molecule has 6 nitrogen and oxygen atoms in total. The number of pyridine rings is 1. The fourth-order valence-electron chi connectivity index (χ4n) is 2.97. The highest BCUT2D eigenvalue weighted by Gasteiger charge is 2.37. The number of aliphatic carboxylic acids is 1. The van der Waals surface area contributed by atoms with Gasteiger partial charge in [0.2, 0.25) is 0 Å². The smallest absolute Gasteiger partial charge is 0.317 e. The van der Waals surface area contributed by atoms with Gasteiger partial charge in [-0.15, -0.1) is 0 Å². The van der Waals surface area contributed by atoms with Crippen LogP contribution < -0.4 is 5.32 Å². The first-order chi connectivity index (χ1) is 10.6. The van der Waals surface area contributed by atoms with E-state index in [1.807, 2.05) is 12.1 Å². The molecule has 1 aromatic rings. The van der Waals surface area contributed by atoms with Gasteiger partial charge in [-0.05, 0) is 43.7 Å². The fraction of sp³-hybridized carbons (Fsp3) is 0.562. The van der Waals surface area contributed by atoms with Crippen molar-refractivity contribution in [1.82, 2.24) is 9.88 Å². The predicted molar refractivity (Wildman–Crippen MR) is 81.3 cm³/mol. The Bertz CT molecular complexity index is 588. The van der Waals surface area contributed by atoms with Crippen molar-refractivity contribution in [2.24, 2.45) is 5.92 Å². The molecule has 0 amide bonds. The highest BCUT2D eigenvalue weighted by atomic mass is 16.4. The first-order valence-corrected chi connectivity index (χ1v) is 7.72. The molecular weight excluding hydrogens is 280 g/mol. The zero-order chi connectivity index (χ0) is 15.5. The fourth-order valence-corrected chi connectivity index (χ4v) is 2.97. The monoisotopic (exact) mass is 300 g/mol. The zero-order valence-corrected chi connectivity index (χ0v) is 12.4. The molecule has 2 fully saturated rings. The van der Waals surface area contributed by atoms with E-state index in [0.717, 1.165) is 25.1 Å². The Hall–Kier alpha value is -2.13. The van der Waals surface area contributed by atoms with E-state index in [1.54, 1.807) is 12.3 Å². The van der Waals surface area contributed by atoms with Gasteiger partial charge >= 0.3 is 5.97 Å². The molecule has 2 saturated carbocycles. The van der Waals surface area contributed by atoms with Crippen molar-refractivity contribution in [3.8, 4) is 6.07 Å². The quantitative estimate of drug-likeness (QED) is 0.796. The standard InChI is InChI=1S/C16H20N4O2/c17-8-14-5-12(3-4-18-14)19-13-6-15(7-13)20(10-16(21)22)9-11-1-2-11/h3-5,11,13,15H,1-2,6-7,9-10H2,(H,18,19)(H,21,22). The van der Waals surface area contributed by atoms with E-state index in [9.17, 15) is 4.79 Å². The van der Waals surface area contributed by atoms with Gasteiger partial charge in [0.25, 0.3) is 0 Å². The van der Waals surface area contributed by atoms with Gasteiger partial charge in [0.05, 0.1) is 6.54 Å². The molecule has 0 radical (unpaired) electrons. The third kappa shape index (κ3) is 3.74. The van der Waals surface area contributed by atoms with E-state index in [4.69, 9.17) is 10.4 Å². The van der Waals surface area contributed by atoms with Crippen molar-refractivity contribution < 1.29 is 9.90 Å². The molecule has 0 aliphatic heterocycles. The third-order valence-electron chi connectivity index (χ3n) is 4.40. The summed E-state index contributed by atoms with van der Waals surface area (Å²) in [5.41, 5.74) is 1.31. The maximum atomic E-state index is 11.0. The predicted octanol–water partition coefficient (Wildman–Crippen LogP) is 1.69. The Kier molecular flexibility index (Phi) is 4.25. The number of nitriles is 1. The van der Waals surface area contributed by atoms with Gasteiger partial charge in [-0.25, -0.2) is 4.98 Å². The summed E-state index contributed by atoms with van der Waals surface area (Å²) in [7, 11) is 0. The molecule has 1 heterocycles. The number of rotatable bonds is 7. The number of hydrogen-bond donors (Lipinski definition) is 2. The highest BCUT2D eigenvalue weighted by Crippen LogP contribution is 2.34. The Morgan fingerprint density at radius 2 is 2.27 bits per heavy atom. The molecule has 2 aliphatic carbocycles. The van der Waals surface area contributed by atoms with Crippen LogP contribution in [0.5, 0.6) is 0 Å². The van der Waals surface area contributed by atoms with Gasteiger partial charge in [0.15, 0.2) is 0 Å². The lowest BCUT2D eigenvalue weighted by atomic mass is 9.85. The average molecular weight is 300 g/mol. The van der Waals surface area contributed by atoms with E-state index in [1.165, 1.54) is 12.8 Å². The Morgan fingerprint density at radius 3 is 2.91 bits per heavy atom. The summed E-state index contributed by atoms with van der Waals surface area (Å²) < 4.78 is 0. The summed E-state index contributed by atoms with van der Waals surface area (Å²) in [6.45, 7) is 1.05. The van der Waals surface area contributed by atoms with Crippen LogP contribution in [0.2, 0.25) is 0 Å². The minimum absolute atomic E-state index is 0.141. The van der Waals surface area contributed by atoms with Crippen LogP contribution in [-0.4, -0.2) is 46.1 Å². The molecule has 2 N–H and O–H groups in total. The molecule has 1 aromatic heterocycles. The van der Waals surface area contributed by atoms with Crippen molar-refractivity contribution in [3.05, 3.63) is 24.0 Å². The van der Waals surface area contributed by atoms with Crippen LogP contribution in [0.3, 0.4) is 0 Å². The molecule has 0 unspecified atom stereocenters. The summed E-state index contributed by atoms with van der Waals surface area (Å²) in [5, 5.41) is 21.3. The maximum Gasteiger partial charge on any atom is 0.317 e. The molecule has 0 bridgehead atoms. The number of hydrogen-bond acceptors (Lipinski definition) is 5. The van der Waals surface area contributed by atoms with Crippen LogP contribution in [-0.2, 0) is 4.79 Å². The lowest BCUT2D eigenvalue weighted by Gasteiger charge is -2.43. The normalized spacial score (nSPS) is 23.6. The summed E-state index contributed by atoms with van der Waals surface area (Å²) in [5.74, 6) is -0.0467. The summed E-state index contributed by atoms with van der Waals surface area (Å²) in [6, 6.07) is 6.32. The molecule has 0 spiro atoms. The van der Waals surface area contributed by atoms with Gasteiger partial charge in [0, 0.05) is 30.5 Å². The zero-order valence-electron chi connectivity index (χ0n) is 12.4. The molecule has 116 valence electrons. The number of nitrogens with zero attached hydrogens (tertiary/aromatic N) is 3. The van der Waals surface area contributed by atoms with Gasteiger partial charge in [-0.2, -0.15) is 5.26 Å². The van der Waals surface area contributed by atoms with Crippen molar-refractivity contribution >= 4 is 11.7 Å². The first kappa shape index (κ1) is 14.8. The molecule has 6 heteroatoms. The first-order valence-electron chi connectivity index (χ1n) is 7.72. The molecule has 3 rings (SSSR count). The van der Waals surface area contributed by atoms with E-state index in [0.29, 0.717) is 23.7 Å². The molecule has 0 atom stereocenters.